The third-order valence-corrected chi connectivity index (χ3v) is 4.46. The Morgan fingerprint density at radius 1 is 1.41 bits per heavy atom. The second kappa shape index (κ2) is 8.77. The molecule has 0 saturated carbocycles. The van der Waals surface area contributed by atoms with Crippen LogP contribution in [0, 0.1) is 12.7 Å². The Morgan fingerprint density at radius 3 is 3.04 bits per heavy atom. The average Bonchev–Trinajstić information content (AvgIpc) is 2.64. The minimum absolute atomic E-state index is 0.174. The number of halogens is 1. The summed E-state index contributed by atoms with van der Waals surface area (Å²) in [6, 6.07) is 6.06. The van der Waals surface area contributed by atoms with Gasteiger partial charge < -0.3 is 20.6 Å². The summed E-state index contributed by atoms with van der Waals surface area (Å²) in [5.41, 5.74) is 1.28. The van der Waals surface area contributed by atoms with Gasteiger partial charge in [-0.05, 0) is 49.6 Å². The topological polar surface area (TPSA) is 90.4 Å². The Bertz CT molecular complexity index is 801. The molecular weight excluding hydrogens is 349 g/mol. The summed E-state index contributed by atoms with van der Waals surface area (Å²) in [6.07, 6.45) is 3.30. The van der Waals surface area contributed by atoms with Crippen molar-refractivity contribution < 1.29 is 14.3 Å². The number of piperidine rings is 1. The van der Waals surface area contributed by atoms with Gasteiger partial charge in [0.05, 0.1) is 6.10 Å². The molecule has 2 heterocycles. The molecule has 1 unspecified atom stereocenters. The van der Waals surface area contributed by atoms with Crippen molar-refractivity contribution in [1.82, 2.24) is 9.97 Å². The number of benzene rings is 1. The van der Waals surface area contributed by atoms with Crippen LogP contribution in [0.4, 0.5) is 21.8 Å². The minimum Gasteiger partial charge on any atom is -0.391 e. The summed E-state index contributed by atoms with van der Waals surface area (Å²) in [4.78, 5) is 22.7. The zero-order valence-electron chi connectivity index (χ0n) is 15.3. The van der Waals surface area contributed by atoms with Crippen LogP contribution >= 0.6 is 0 Å². The van der Waals surface area contributed by atoms with Gasteiger partial charge in [-0.15, -0.1) is 0 Å². The summed E-state index contributed by atoms with van der Waals surface area (Å²) in [5.74, 6) is 0.703. The Labute approximate surface area is 157 Å². The molecule has 1 aliphatic heterocycles. The van der Waals surface area contributed by atoms with E-state index in [2.05, 4.69) is 20.6 Å². The number of aliphatic hydroxyl groups is 1. The largest absolute Gasteiger partial charge is 0.391 e. The Hall–Kier alpha value is -2.74. The lowest BCUT2D eigenvalue weighted by atomic mass is 10.1. The smallest absolute Gasteiger partial charge is 0.226 e. The molecule has 3 rings (SSSR count). The van der Waals surface area contributed by atoms with Crippen LogP contribution in [0.15, 0.2) is 30.5 Å². The van der Waals surface area contributed by atoms with Crippen LogP contribution in [-0.2, 0) is 4.79 Å². The number of nitrogens with zero attached hydrogens (tertiary/aromatic N) is 3. The lowest BCUT2D eigenvalue weighted by molar-refractivity contribution is -0.115. The van der Waals surface area contributed by atoms with Crippen LogP contribution in [0.5, 0.6) is 0 Å². The SMILES string of the molecule is Cc1cc(F)ccc1NC(=O)CCNc1nccc(N2CCCC(O)C2)n1. The predicted molar refractivity (Wildman–Crippen MR) is 102 cm³/mol. The van der Waals surface area contributed by atoms with Gasteiger partial charge in [0, 0.05) is 37.9 Å². The van der Waals surface area contributed by atoms with Crippen molar-refractivity contribution in [2.75, 3.05) is 35.2 Å². The molecule has 7 nitrogen and oxygen atoms in total. The first-order valence-corrected chi connectivity index (χ1v) is 9.07. The Morgan fingerprint density at radius 2 is 2.26 bits per heavy atom. The summed E-state index contributed by atoms with van der Waals surface area (Å²) < 4.78 is 13.1. The third-order valence-electron chi connectivity index (χ3n) is 4.46. The first kappa shape index (κ1) is 19.0. The van der Waals surface area contributed by atoms with Crippen LogP contribution in [0.2, 0.25) is 0 Å². The number of carbonyl (C=O) groups is 1. The van der Waals surface area contributed by atoms with Gasteiger partial charge in [-0.2, -0.15) is 4.98 Å². The number of amides is 1. The molecular formula is C19H24FN5O2. The molecule has 27 heavy (non-hydrogen) atoms. The molecule has 3 N–H and O–H groups in total. The third kappa shape index (κ3) is 5.37. The quantitative estimate of drug-likeness (QED) is 0.720. The van der Waals surface area contributed by atoms with E-state index in [4.69, 9.17) is 0 Å². The highest BCUT2D eigenvalue weighted by molar-refractivity contribution is 5.91. The van der Waals surface area contributed by atoms with Crippen LogP contribution in [0.1, 0.15) is 24.8 Å². The fourth-order valence-electron chi connectivity index (χ4n) is 3.04. The van der Waals surface area contributed by atoms with E-state index in [9.17, 15) is 14.3 Å². The normalized spacial score (nSPS) is 16.9. The van der Waals surface area contributed by atoms with Crippen molar-refractivity contribution in [3.8, 4) is 0 Å². The van der Waals surface area contributed by atoms with Gasteiger partial charge >= 0.3 is 0 Å². The first-order chi connectivity index (χ1) is 13.0. The Balaban J connectivity index is 1.50. The summed E-state index contributed by atoms with van der Waals surface area (Å²) >= 11 is 0. The van der Waals surface area contributed by atoms with E-state index in [0.717, 1.165) is 25.2 Å². The number of hydrogen-bond donors (Lipinski definition) is 3. The number of aromatic nitrogens is 2. The van der Waals surface area contributed by atoms with Crippen molar-refractivity contribution in [1.29, 1.82) is 0 Å². The molecule has 1 aliphatic rings. The molecule has 8 heteroatoms. The molecule has 0 spiro atoms. The number of rotatable bonds is 6. The van der Waals surface area contributed by atoms with Gasteiger partial charge in [-0.1, -0.05) is 0 Å². The summed E-state index contributed by atoms with van der Waals surface area (Å²) in [7, 11) is 0. The fourth-order valence-corrected chi connectivity index (χ4v) is 3.04. The summed E-state index contributed by atoms with van der Waals surface area (Å²) in [5, 5.41) is 15.6. The number of β-amino-alcohol motifs (C(OH)–C–C–N with tert-alkyl or cyclic N) is 1. The molecule has 1 aromatic heterocycles. The van der Waals surface area contributed by atoms with E-state index >= 15 is 0 Å². The molecule has 0 radical (unpaired) electrons. The number of hydrogen-bond acceptors (Lipinski definition) is 6. The van der Waals surface area contributed by atoms with Gasteiger partial charge in [0.25, 0.3) is 0 Å². The van der Waals surface area contributed by atoms with E-state index < -0.39 is 0 Å². The number of anilines is 3. The lowest BCUT2D eigenvalue weighted by Crippen LogP contribution is -2.38. The minimum atomic E-state index is -0.330. The molecule has 2 aromatic rings. The van der Waals surface area contributed by atoms with E-state index in [-0.39, 0.29) is 24.2 Å². The second-order valence-corrected chi connectivity index (χ2v) is 6.66. The van der Waals surface area contributed by atoms with Crippen LogP contribution in [-0.4, -0.2) is 46.7 Å². The zero-order chi connectivity index (χ0) is 19.2. The first-order valence-electron chi connectivity index (χ1n) is 9.07. The number of aryl methyl sites for hydroxylation is 1. The summed E-state index contributed by atoms with van der Waals surface area (Å²) in [6.45, 7) is 3.54. The zero-order valence-corrected chi connectivity index (χ0v) is 15.3. The number of aliphatic hydroxyl groups excluding tert-OH is 1. The van der Waals surface area contributed by atoms with E-state index in [0.29, 0.717) is 30.3 Å². The molecule has 0 aliphatic carbocycles. The van der Waals surface area contributed by atoms with Gasteiger partial charge in [0.2, 0.25) is 11.9 Å². The predicted octanol–water partition coefficient (Wildman–Crippen LogP) is 2.33. The maximum atomic E-state index is 13.1. The van der Waals surface area contributed by atoms with Crippen molar-refractivity contribution in [3.05, 3.63) is 41.8 Å². The van der Waals surface area contributed by atoms with E-state index in [1.807, 2.05) is 11.0 Å². The molecule has 1 amide bonds. The standard InChI is InChI=1S/C19H24FN5O2/c1-13-11-14(20)4-5-16(13)23-18(27)7-9-22-19-21-8-6-17(24-19)25-10-2-3-15(26)12-25/h4-6,8,11,15,26H,2-3,7,9-10,12H2,1H3,(H,23,27)(H,21,22,24). The van der Waals surface area contributed by atoms with Crippen LogP contribution < -0.4 is 15.5 Å². The average molecular weight is 373 g/mol. The highest BCUT2D eigenvalue weighted by atomic mass is 19.1. The number of nitrogens with one attached hydrogen (secondary N) is 2. The van der Waals surface area contributed by atoms with Gasteiger partial charge in [-0.3, -0.25) is 4.79 Å². The highest BCUT2D eigenvalue weighted by Crippen LogP contribution is 2.19. The van der Waals surface area contributed by atoms with Crippen molar-refractivity contribution >= 4 is 23.4 Å². The maximum Gasteiger partial charge on any atom is 0.226 e. The van der Waals surface area contributed by atoms with Gasteiger partial charge in [0.15, 0.2) is 0 Å². The van der Waals surface area contributed by atoms with E-state index in [1.54, 1.807) is 19.2 Å². The number of carbonyl (C=O) groups excluding carboxylic acids is 1. The van der Waals surface area contributed by atoms with Gasteiger partial charge in [0.1, 0.15) is 11.6 Å². The van der Waals surface area contributed by atoms with Crippen molar-refractivity contribution in [3.63, 3.8) is 0 Å². The van der Waals surface area contributed by atoms with Crippen molar-refractivity contribution in [2.45, 2.75) is 32.3 Å². The van der Waals surface area contributed by atoms with Gasteiger partial charge in [-0.25, -0.2) is 9.37 Å². The molecule has 144 valence electrons. The van der Waals surface area contributed by atoms with E-state index in [1.165, 1.54) is 12.1 Å². The molecule has 1 aromatic carbocycles. The monoisotopic (exact) mass is 373 g/mol. The van der Waals surface area contributed by atoms with Crippen LogP contribution in [0.25, 0.3) is 0 Å². The molecule has 1 saturated heterocycles. The molecule has 0 bridgehead atoms. The molecule has 1 fully saturated rings. The maximum absolute atomic E-state index is 13.1. The van der Waals surface area contributed by atoms with Crippen LogP contribution in [0.3, 0.4) is 0 Å². The Kier molecular flexibility index (Phi) is 6.18. The lowest BCUT2D eigenvalue weighted by Gasteiger charge is -2.31. The highest BCUT2D eigenvalue weighted by Gasteiger charge is 2.19. The molecule has 1 atom stereocenters. The van der Waals surface area contributed by atoms with Crippen molar-refractivity contribution in [2.24, 2.45) is 0 Å². The fraction of sp³-hybridized carbons (Fsp3) is 0.421. The second-order valence-electron chi connectivity index (χ2n) is 6.66.